The number of alkyl halides is 1. The van der Waals surface area contributed by atoms with Crippen molar-refractivity contribution in [2.45, 2.75) is 12.5 Å². The Morgan fingerprint density at radius 1 is 1.27 bits per heavy atom. The largest absolute Gasteiger partial charge is 0.327 e. The fourth-order valence-corrected chi connectivity index (χ4v) is 1.28. The molecule has 2 N–H and O–H groups in total. The maximum atomic E-state index is 5.80. The minimum Gasteiger partial charge on any atom is -0.327 e. The van der Waals surface area contributed by atoms with Crippen LogP contribution in [0.25, 0.3) is 0 Å². The summed E-state index contributed by atoms with van der Waals surface area (Å²) < 4.78 is 1.02. The number of hydrogen-bond acceptors (Lipinski definition) is 1. The van der Waals surface area contributed by atoms with Gasteiger partial charge in [0.05, 0.1) is 0 Å². The molecule has 0 saturated heterocycles. The van der Waals surface area contributed by atoms with Crippen molar-refractivity contribution in [3.63, 3.8) is 0 Å². The third kappa shape index (κ3) is 3.20. The second-order valence-corrected chi connectivity index (χ2v) is 3.48. The third-order valence-electron chi connectivity index (χ3n) is 1.54. The lowest BCUT2D eigenvalue weighted by Gasteiger charge is -2.06. The Hall–Kier alpha value is -0.0900. The molecule has 0 heterocycles. The number of rotatable bonds is 3. The van der Waals surface area contributed by atoms with Gasteiger partial charge in [-0.25, -0.2) is 0 Å². The van der Waals surface area contributed by atoms with E-state index in [2.05, 4.69) is 46.9 Å². The first-order valence-corrected chi connectivity index (χ1v) is 5.21. The van der Waals surface area contributed by atoms with E-state index < -0.39 is 0 Å². The first kappa shape index (κ1) is 9.00. The van der Waals surface area contributed by atoms with Gasteiger partial charge in [0, 0.05) is 10.5 Å². The molecule has 0 aliphatic heterocycles. The first-order valence-electron chi connectivity index (χ1n) is 3.68. The highest BCUT2D eigenvalue weighted by atomic mass is 127. The Morgan fingerprint density at radius 3 is 2.45 bits per heavy atom. The molecule has 0 saturated carbocycles. The molecule has 0 radical (unpaired) electrons. The lowest BCUT2D eigenvalue weighted by molar-refractivity contribution is 0.759. The summed E-state index contributed by atoms with van der Waals surface area (Å²) in [4.78, 5) is 0. The monoisotopic (exact) mass is 261 g/mol. The molecule has 1 aromatic rings. The van der Waals surface area contributed by atoms with E-state index in [1.807, 2.05) is 6.07 Å². The zero-order valence-corrected chi connectivity index (χ0v) is 8.49. The average molecular weight is 261 g/mol. The number of benzene rings is 1. The summed E-state index contributed by atoms with van der Waals surface area (Å²) in [5, 5.41) is 0. The van der Waals surface area contributed by atoms with Gasteiger partial charge in [0.2, 0.25) is 0 Å². The predicted octanol–water partition coefficient (Wildman–Crippen LogP) is 1.99. The van der Waals surface area contributed by atoms with Crippen LogP contribution in [0.15, 0.2) is 30.3 Å². The molecule has 1 rings (SSSR count). The van der Waals surface area contributed by atoms with Gasteiger partial charge in [-0.2, -0.15) is 0 Å². The third-order valence-corrected chi connectivity index (χ3v) is 2.67. The first-order chi connectivity index (χ1) is 5.33. The van der Waals surface area contributed by atoms with Gasteiger partial charge >= 0.3 is 0 Å². The standard InChI is InChI=1S/C9H12IN/c10-7-9(11)6-8-4-2-1-3-5-8/h1-5,9H,6-7,11H2/t9-/m0/s1. The van der Waals surface area contributed by atoms with E-state index >= 15 is 0 Å². The summed E-state index contributed by atoms with van der Waals surface area (Å²) in [6, 6.07) is 10.7. The SMILES string of the molecule is N[C@H](CI)Cc1ccccc1. The van der Waals surface area contributed by atoms with E-state index in [1.165, 1.54) is 5.56 Å². The van der Waals surface area contributed by atoms with Crippen LogP contribution >= 0.6 is 22.6 Å². The second kappa shape index (κ2) is 4.72. The molecule has 0 bridgehead atoms. The molecular formula is C9H12IN. The summed E-state index contributed by atoms with van der Waals surface area (Å²) in [6.45, 7) is 0. The van der Waals surface area contributed by atoms with Gasteiger partial charge in [0.1, 0.15) is 0 Å². The topological polar surface area (TPSA) is 26.0 Å². The van der Waals surface area contributed by atoms with E-state index in [4.69, 9.17) is 5.73 Å². The normalized spacial score (nSPS) is 12.9. The van der Waals surface area contributed by atoms with Crippen LogP contribution in [0.1, 0.15) is 5.56 Å². The minimum atomic E-state index is 0.304. The molecule has 0 unspecified atom stereocenters. The summed E-state index contributed by atoms with van der Waals surface area (Å²) in [5.41, 5.74) is 7.13. The van der Waals surface area contributed by atoms with Crippen molar-refractivity contribution in [2.75, 3.05) is 4.43 Å². The van der Waals surface area contributed by atoms with Crippen LogP contribution in [0.2, 0.25) is 0 Å². The predicted molar refractivity (Wildman–Crippen MR) is 57.0 cm³/mol. The number of nitrogens with two attached hydrogens (primary N) is 1. The maximum absolute atomic E-state index is 5.80. The van der Waals surface area contributed by atoms with Gasteiger partial charge in [-0.15, -0.1) is 0 Å². The van der Waals surface area contributed by atoms with E-state index in [0.717, 1.165) is 10.8 Å². The van der Waals surface area contributed by atoms with Crippen LogP contribution in [-0.2, 0) is 6.42 Å². The van der Waals surface area contributed by atoms with Gasteiger partial charge in [-0.3, -0.25) is 0 Å². The van der Waals surface area contributed by atoms with Crippen LogP contribution in [0.4, 0.5) is 0 Å². The maximum Gasteiger partial charge on any atom is 0.0170 e. The molecule has 0 fully saturated rings. The van der Waals surface area contributed by atoms with E-state index in [9.17, 15) is 0 Å². The van der Waals surface area contributed by atoms with Crippen LogP contribution in [-0.4, -0.2) is 10.5 Å². The van der Waals surface area contributed by atoms with Crippen LogP contribution in [0.3, 0.4) is 0 Å². The van der Waals surface area contributed by atoms with Gasteiger partial charge in [0.15, 0.2) is 0 Å². The van der Waals surface area contributed by atoms with E-state index in [1.54, 1.807) is 0 Å². The fourth-order valence-electron chi connectivity index (χ4n) is 0.971. The summed E-state index contributed by atoms with van der Waals surface area (Å²) in [6.07, 6.45) is 0.990. The van der Waals surface area contributed by atoms with Gasteiger partial charge in [-0.1, -0.05) is 52.9 Å². The lowest BCUT2D eigenvalue weighted by Crippen LogP contribution is -2.23. The zero-order valence-electron chi connectivity index (χ0n) is 6.33. The molecule has 60 valence electrons. The summed E-state index contributed by atoms with van der Waals surface area (Å²) in [5.74, 6) is 0. The molecule has 0 amide bonds. The lowest BCUT2D eigenvalue weighted by atomic mass is 10.1. The van der Waals surface area contributed by atoms with Crippen molar-refractivity contribution in [2.24, 2.45) is 5.73 Å². The molecule has 0 aliphatic rings. The summed E-state index contributed by atoms with van der Waals surface area (Å²) >= 11 is 2.32. The van der Waals surface area contributed by atoms with Crippen molar-refractivity contribution in [1.82, 2.24) is 0 Å². The number of halogens is 1. The second-order valence-electron chi connectivity index (χ2n) is 2.60. The Kier molecular flexibility index (Phi) is 3.86. The Bertz CT molecular complexity index is 198. The van der Waals surface area contributed by atoms with E-state index in [-0.39, 0.29) is 0 Å². The van der Waals surface area contributed by atoms with Gasteiger partial charge in [-0.05, 0) is 12.0 Å². The van der Waals surface area contributed by atoms with E-state index in [0.29, 0.717) is 6.04 Å². The molecule has 0 spiro atoms. The highest BCUT2D eigenvalue weighted by Gasteiger charge is 1.99. The van der Waals surface area contributed by atoms with Crippen molar-refractivity contribution < 1.29 is 0 Å². The Balaban J connectivity index is 2.51. The molecule has 1 atom stereocenters. The van der Waals surface area contributed by atoms with Crippen molar-refractivity contribution in [3.8, 4) is 0 Å². The smallest absolute Gasteiger partial charge is 0.0170 e. The van der Waals surface area contributed by atoms with Crippen molar-refractivity contribution in [1.29, 1.82) is 0 Å². The Labute approximate surface area is 81.1 Å². The highest BCUT2D eigenvalue weighted by Crippen LogP contribution is 2.02. The summed E-state index contributed by atoms with van der Waals surface area (Å²) in [7, 11) is 0. The van der Waals surface area contributed by atoms with Gasteiger partial charge < -0.3 is 5.73 Å². The van der Waals surface area contributed by atoms with Crippen LogP contribution in [0.5, 0.6) is 0 Å². The van der Waals surface area contributed by atoms with Gasteiger partial charge in [0.25, 0.3) is 0 Å². The molecule has 0 aromatic heterocycles. The molecule has 1 aromatic carbocycles. The average Bonchev–Trinajstić information content (AvgIpc) is 2.06. The molecule has 1 nitrogen and oxygen atoms in total. The zero-order chi connectivity index (χ0) is 8.10. The Morgan fingerprint density at radius 2 is 1.91 bits per heavy atom. The van der Waals surface area contributed by atoms with Crippen molar-refractivity contribution >= 4 is 22.6 Å². The molecule has 2 heteroatoms. The number of hydrogen-bond donors (Lipinski definition) is 1. The minimum absolute atomic E-state index is 0.304. The quantitative estimate of drug-likeness (QED) is 0.653. The molecular weight excluding hydrogens is 249 g/mol. The fraction of sp³-hybridized carbons (Fsp3) is 0.333. The highest BCUT2D eigenvalue weighted by molar-refractivity contribution is 14.1. The molecule has 11 heavy (non-hydrogen) atoms. The van der Waals surface area contributed by atoms with Crippen molar-refractivity contribution in [3.05, 3.63) is 35.9 Å². The molecule has 0 aliphatic carbocycles. The van der Waals surface area contributed by atoms with Crippen LogP contribution in [0, 0.1) is 0 Å². The van der Waals surface area contributed by atoms with Crippen LogP contribution < -0.4 is 5.73 Å².